The molecule has 0 unspecified atom stereocenters. The number of aliphatic hydroxyl groups excluding tert-OH is 1. The van der Waals surface area contributed by atoms with Crippen LogP contribution in [0, 0.1) is 12.3 Å². The predicted octanol–water partition coefficient (Wildman–Crippen LogP) is 3.00. The summed E-state index contributed by atoms with van der Waals surface area (Å²) in [4.78, 5) is 21.0. The lowest BCUT2D eigenvalue weighted by molar-refractivity contribution is -0.117. The first-order chi connectivity index (χ1) is 15.5. The summed E-state index contributed by atoms with van der Waals surface area (Å²) in [5.41, 5.74) is 8.67. The third-order valence-corrected chi connectivity index (χ3v) is 4.88. The Morgan fingerprint density at radius 1 is 1.22 bits per heavy atom. The van der Waals surface area contributed by atoms with Crippen molar-refractivity contribution in [3.8, 4) is 18.2 Å². The van der Waals surface area contributed by atoms with Crippen LogP contribution in [0.2, 0.25) is 0 Å². The maximum atomic E-state index is 12.6. The van der Waals surface area contributed by atoms with E-state index in [0.29, 0.717) is 33.7 Å². The molecule has 0 bridgehead atoms. The van der Waals surface area contributed by atoms with Gasteiger partial charge >= 0.3 is 0 Å². The van der Waals surface area contributed by atoms with E-state index in [1.807, 2.05) is 30.3 Å². The van der Waals surface area contributed by atoms with Crippen molar-refractivity contribution in [2.45, 2.75) is 19.1 Å². The molecule has 164 valence electrons. The minimum absolute atomic E-state index is 0.0640. The first kappa shape index (κ1) is 23.2. The number of terminal acetylenes is 1. The highest BCUT2D eigenvalue weighted by Crippen LogP contribution is 2.26. The average molecular weight is 496 g/mol. The van der Waals surface area contributed by atoms with Crippen LogP contribution in [0.3, 0.4) is 0 Å². The number of nitrogens with one attached hydrogen (secondary N) is 2. The van der Waals surface area contributed by atoms with Gasteiger partial charge in [-0.2, -0.15) is 4.98 Å². The molecule has 2 aromatic carbocycles. The Balaban J connectivity index is 1.74. The summed E-state index contributed by atoms with van der Waals surface area (Å²) in [7, 11) is 0. The molecule has 32 heavy (non-hydrogen) atoms. The van der Waals surface area contributed by atoms with Gasteiger partial charge in [-0.3, -0.25) is 4.79 Å². The topological polar surface area (TPSA) is 122 Å². The molecule has 0 aliphatic rings. The van der Waals surface area contributed by atoms with Crippen molar-refractivity contribution in [3.05, 3.63) is 70.3 Å². The van der Waals surface area contributed by atoms with Gasteiger partial charge in [0, 0.05) is 11.4 Å². The Morgan fingerprint density at radius 2 is 1.97 bits per heavy atom. The van der Waals surface area contributed by atoms with Gasteiger partial charge in [0.05, 0.1) is 23.3 Å². The summed E-state index contributed by atoms with van der Waals surface area (Å²) in [6.45, 7) is -0.152. The quantitative estimate of drug-likeness (QED) is 0.336. The molecule has 8 nitrogen and oxygen atoms in total. The number of aliphatic hydroxyl groups is 1. The fourth-order valence-electron chi connectivity index (χ4n) is 2.88. The van der Waals surface area contributed by atoms with Crippen LogP contribution in [0.4, 0.5) is 17.3 Å². The van der Waals surface area contributed by atoms with Gasteiger partial charge in [-0.15, -0.1) is 6.42 Å². The second-order valence-corrected chi connectivity index (χ2v) is 7.68. The van der Waals surface area contributed by atoms with Gasteiger partial charge in [0.2, 0.25) is 17.7 Å². The fourth-order valence-corrected chi connectivity index (χ4v) is 3.18. The van der Waals surface area contributed by atoms with E-state index < -0.39 is 6.04 Å². The number of carbonyl (C=O) groups is 1. The summed E-state index contributed by atoms with van der Waals surface area (Å²) in [5, 5.41) is 15.5. The Bertz CT molecular complexity index is 1120. The van der Waals surface area contributed by atoms with Crippen LogP contribution < -0.4 is 21.1 Å². The van der Waals surface area contributed by atoms with Crippen molar-refractivity contribution in [1.82, 2.24) is 9.97 Å². The highest BCUT2D eigenvalue weighted by atomic mass is 79.9. The number of aromatic nitrogens is 2. The Labute approximate surface area is 194 Å². The van der Waals surface area contributed by atoms with E-state index in [0.717, 1.165) is 5.56 Å². The summed E-state index contributed by atoms with van der Waals surface area (Å²) < 4.78 is 5.93. The maximum Gasteiger partial charge on any atom is 0.241 e. The monoisotopic (exact) mass is 495 g/mol. The van der Waals surface area contributed by atoms with Crippen LogP contribution in [-0.4, -0.2) is 33.6 Å². The van der Waals surface area contributed by atoms with Crippen molar-refractivity contribution < 1.29 is 14.6 Å². The number of ether oxygens (including phenoxy) is 1. The Morgan fingerprint density at radius 3 is 2.69 bits per heavy atom. The normalized spacial score (nSPS) is 11.3. The van der Waals surface area contributed by atoms with E-state index in [1.54, 1.807) is 18.2 Å². The molecule has 5 N–H and O–H groups in total. The zero-order chi connectivity index (χ0) is 22.9. The zero-order valence-corrected chi connectivity index (χ0v) is 18.7. The van der Waals surface area contributed by atoms with E-state index >= 15 is 0 Å². The third-order valence-electron chi connectivity index (χ3n) is 4.34. The van der Waals surface area contributed by atoms with E-state index in [4.69, 9.17) is 16.9 Å². The third kappa shape index (κ3) is 6.52. The number of halogens is 1. The summed E-state index contributed by atoms with van der Waals surface area (Å²) in [6.07, 6.45) is 7.16. The van der Waals surface area contributed by atoms with Crippen LogP contribution in [-0.2, 0) is 17.8 Å². The molecule has 1 aromatic heterocycles. The standard InChI is InChI=1S/C23H22BrN5O3/c1-2-8-32-22-19(24)13-26-23(29-22)28-18-10-16(14-30)9-17(12-18)27-21(31)20(25)11-15-6-4-3-5-7-15/h1,3-7,9-10,12-13,20,30H,8,11,14,25H2,(H,27,31)(H,26,28,29)/t20-/m1/s1. The summed E-state index contributed by atoms with van der Waals surface area (Å²) in [6, 6.07) is 13.9. The average Bonchev–Trinajstić information content (AvgIpc) is 2.79. The van der Waals surface area contributed by atoms with Gasteiger partial charge in [0.15, 0.2) is 6.61 Å². The molecule has 0 radical (unpaired) electrons. The molecule has 9 heteroatoms. The number of nitrogens with zero attached hydrogens (tertiary/aromatic N) is 2. The lowest BCUT2D eigenvalue weighted by atomic mass is 10.1. The number of anilines is 3. The first-order valence-corrected chi connectivity index (χ1v) is 10.5. The lowest BCUT2D eigenvalue weighted by Crippen LogP contribution is -2.37. The molecular formula is C23H22BrN5O3. The Hall–Kier alpha value is -3.45. The Kier molecular flexibility index (Phi) is 8.16. The first-order valence-electron chi connectivity index (χ1n) is 9.69. The van der Waals surface area contributed by atoms with Crippen LogP contribution in [0.1, 0.15) is 11.1 Å². The number of benzene rings is 2. The predicted molar refractivity (Wildman–Crippen MR) is 126 cm³/mol. The van der Waals surface area contributed by atoms with Gasteiger partial charge in [-0.05, 0) is 51.7 Å². The smallest absolute Gasteiger partial charge is 0.241 e. The molecule has 1 heterocycles. The van der Waals surface area contributed by atoms with Crippen LogP contribution in [0.25, 0.3) is 0 Å². The molecule has 0 spiro atoms. The minimum atomic E-state index is -0.725. The van der Waals surface area contributed by atoms with Crippen molar-refractivity contribution in [3.63, 3.8) is 0 Å². The minimum Gasteiger partial charge on any atom is -0.464 e. The second-order valence-electron chi connectivity index (χ2n) is 6.83. The maximum absolute atomic E-state index is 12.6. The molecule has 1 amide bonds. The van der Waals surface area contributed by atoms with Crippen molar-refractivity contribution in [2.75, 3.05) is 17.2 Å². The fraction of sp³-hybridized carbons (Fsp3) is 0.174. The number of hydrogen-bond acceptors (Lipinski definition) is 7. The molecule has 0 aliphatic carbocycles. The number of amides is 1. The number of rotatable bonds is 9. The van der Waals surface area contributed by atoms with Gasteiger partial charge < -0.3 is 26.2 Å². The zero-order valence-electron chi connectivity index (χ0n) is 17.1. The molecule has 1 atom stereocenters. The highest BCUT2D eigenvalue weighted by Gasteiger charge is 2.15. The van der Waals surface area contributed by atoms with Gasteiger partial charge in [0.25, 0.3) is 0 Å². The van der Waals surface area contributed by atoms with Gasteiger partial charge in [-0.1, -0.05) is 36.3 Å². The molecular weight excluding hydrogens is 474 g/mol. The van der Waals surface area contributed by atoms with Crippen molar-refractivity contribution in [1.29, 1.82) is 0 Å². The van der Waals surface area contributed by atoms with Crippen LogP contribution >= 0.6 is 15.9 Å². The summed E-state index contributed by atoms with van der Waals surface area (Å²) in [5.74, 6) is 2.59. The number of carbonyl (C=O) groups excluding carboxylic acids is 1. The molecule has 0 aliphatic heterocycles. The van der Waals surface area contributed by atoms with Gasteiger partial charge in [0.1, 0.15) is 0 Å². The van der Waals surface area contributed by atoms with Crippen molar-refractivity contribution >= 4 is 39.2 Å². The van der Waals surface area contributed by atoms with Gasteiger partial charge in [-0.25, -0.2) is 4.98 Å². The van der Waals surface area contributed by atoms with E-state index in [-0.39, 0.29) is 25.1 Å². The summed E-state index contributed by atoms with van der Waals surface area (Å²) >= 11 is 3.31. The van der Waals surface area contributed by atoms with E-state index in [1.165, 1.54) is 6.20 Å². The second kappa shape index (κ2) is 11.2. The molecule has 0 fully saturated rings. The van der Waals surface area contributed by atoms with Crippen LogP contribution in [0.15, 0.2) is 59.2 Å². The molecule has 0 saturated carbocycles. The number of hydrogen-bond donors (Lipinski definition) is 4. The molecule has 3 rings (SSSR count). The molecule has 0 saturated heterocycles. The van der Waals surface area contributed by atoms with Crippen LogP contribution in [0.5, 0.6) is 5.88 Å². The molecule has 3 aromatic rings. The highest BCUT2D eigenvalue weighted by molar-refractivity contribution is 9.10. The number of nitrogens with two attached hydrogens (primary N) is 1. The largest absolute Gasteiger partial charge is 0.464 e. The SMILES string of the molecule is C#CCOc1nc(Nc2cc(CO)cc(NC(=O)[C@H](N)Cc3ccccc3)c2)ncc1Br. The van der Waals surface area contributed by atoms with E-state index in [9.17, 15) is 9.90 Å². The van der Waals surface area contributed by atoms with Crippen molar-refractivity contribution in [2.24, 2.45) is 5.73 Å². The van der Waals surface area contributed by atoms with E-state index in [2.05, 4.69) is 42.5 Å². The lowest BCUT2D eigenvalue weighted by Gasteiger charge is -2.15.